The Labute approximate surface area is 165 Å². The number of aryl methyl sites for hydroxylation is 1. The van der Waals surface area contributed by atoms with Gasteiger partial charge in [-0.05, 0) is 55.3 Å². The molecule has 2 aromatic rings. The summed E-state index contributed by atoms with van der Waals surface area (Å²) in [6, 6.07) is 11.6. The molecule has 6 nitrogen and oxygen atoms in total. The highest BCUT2D eigenvalue weighted by Crippen LogP contribution is 2.21. The van der Waals surface area contributed by atoms with E-state index in [9.17, 15) is 17.6 Å². The summed E-state index contributed by atoms with van der Waals surface area (Å²) < 4.78 is 44.0. The van der Waals surface area contributed by atoms with Crippen molar-refractivity contribution in [2.45, 2.75) is 26.3 Å². The Morgan fingerprint density at radius 1 is 1.14 bits per heavy atom. The van der Waals surface area contributed by atoms with E-state index in [0.29, 0.717) is 5.75 Å². The van der Waals surface area contributed by atoms with Gasteiger partial charge in [-0.1, -0.05) is 19.1 Å². The normalized spacial score (nSPS) is 12.3. The second-order valence-electron chi connectivity index (χ2n) is 6.35. The fourth-order valence-corrected chi connectivity index (χ4v) is 3.88. The summed E-state index contributed by atoms with van der Waals surface area (Å²) in [5.74, 6) is -0.262. The molecule has 8 heteroatoms. The molecular weight excluding hydrogens is 383 g/mol. The maximum absolute atomic E-state index is 13.1. The largest absolute Gasteiger partial charge is 0.492 e. The molecule has 1 N–H and O–H groups in total. The van der Waals surface area contributed by atoms with Crippen molar-refractivity contribution < 1.29 is 22.3 Å². The van der Waals surface area contributed by atoms with Crippen LogP contribution >= 0.6 is 0 Å². The number of benzene rings is 2. The van der Waals surface area contributed by atoms with Crippen LogP contribution in [0.4, 0.5) is 10.1 Å². The van der Waals surface area contributed by atoms with Crippen molar-refractivity contribution >= 4 is 21.6 Å². The highest BCUT2D eigenvalue weighted by Gasteiger charge is 2.28. The van der Waals surface area contributed by atoms with Gasteiger partial charge in [0.25, 0.3) is 0 Å². The van der Waals surface area contributed by atoms with Crippen molar-refractivity contribution in [3.63, 3.8) is 0 Å². The molecule has 2 rings (SSSR count). The monoisotopic (exact) mass is 408 g/mol. The van der Waals surface area contributed by atoms with Crippen molar-refractivity contribution in [1.82, 2.24) is 5.32 Å². The van der Waals surface area contributed by atoms with Crippen LogP contribution in [0.1, 0.15) is 19.4 Å². The molecule has 28 heavy (non-hydrogen) atoms. The third-order valence-corrected chi connectivity index (χ3v) is 5.41. The zero-order valence-corrected chi connectivity index (χ0v) is 17.0. The Balaban J connectivity index is 1.94. The summed E-state index contributed by atoms with van der Waals surface area (Å²) in [7, 11) is -3.74. The number of sulfonamides is 1. The van der Waals surface area contributed by atoms with Crippen molar-refractivity contribution in [3.05, 3.63) is 59.9 Å². The first kappa shape index (κ1) is 21.7. The average molecular weight is 408 g/mol. The first-order valence-electron chi connectivity index (χ1n) is 8.96. The number of amides is 1. The van der Waals surface area contributed by atoms with Crippen LogP contribution in [0.2, 0.25) is 0 Å². The number of nitrogens with one attached hydrogen (secondary N) is 1. The smallest absolute Gasteiger partial charge is 0.243 e. The predicted octanol–water partition coefficient (Wildman–Crippen LogP) is 2.74. The van der Waals surface area contributed by atoms with Crippen molar-refractivity contribution in [3.8, 4) is 5.75 Å². The van der Waals surface area contributed by atoms with E-state index in [1.165, 1.54) is 24.6 Å². The molecule has 0 aliphatic heterocycles. The van der Waals surface area contributed by atoms with Gasteiger partial charge in [0, 0.05) is 0 Å². The van der Waals surface area contributed by atoms with Crippen molar-refractivity contribution in [2.75, 3.05) is 23.7 Å². The highest BCUT2D eigenvalue weighted by molar-refractivity contribution is 7.92. The summed E-state index contributed by atoms with van der Waals surface area (Å²) in [5, 5.41) is 2.66. The van der Waals surface area contributed by atoms with E-state index in [-0.39, 0.29) is 18.8 Å². The first-order valence-corrected chi connectivity index (χ1v) is 10.8. The lowest BCUT2D eigenvalue weighted by molar-refractivity contribution is -0.121. The van der Waals surface area contributed by atoms with E-state index >= 15 is 0 Å². The maximum Gasteiger partial charge on any atom is 0.243 e. The molecule has 0 unspecified atom stereocenters. The molecule has 0 saturated heterocycles. The number of carbonyl (C=O) groups is 1. The van der Waals surface area contributed by atoms with Gasteiger partial charge in [-0.25, -0.2) is 12.8 Å². The average Bonchev–Trinajstić information content (AvgIpc) is 2.66. The minimum absolute atomic E-state index is 0.221. The zero-order chi connectivity index (χ0) is 20.7. The molecule has 0 heterocycles. The Hall–Kier alpha value is -2.61. The topological polar surface area (TPSA) is 75.7 Å². The number of halogens is 1. The first-order chi connectivity index (χ1) is 13.2. The maximum atomic E-state index is 13.1. The molecule has 0 spiro atoms. The van der Waals surface area contributed by atoms with E-state index in [0.717, 1.165) is 29.1 Å². The summed E-state index contributed by atoms with van der Waals surface area (Å²) in [6.07, 6.45) is 1.95. The number of hydrogen-bond acceptors (Lipinski definition) is 4. The number of anilines is 1. The van der Waals surface area contributed by atoms with Crippen LogP contribution in [0.25, 0.3) is 0 Å². The van der Waals surface area contributed by atoms with Gasteiger partial charge in [-0.3, -0.25) is 9.10 Å². The molecular formula is C20H25FN2O4S. The number of carbonyl (C=O) groups excluding carboxylic acids is 1. The van der Waals surface area contributed by atoms with Gasteiger partial charge in [0.2, 0.25) is 15.9 Å². The van der Waals surface area contributed by atoms with E-state index in [2.05, 4.69) is 12.2 Å². The lowest BCUT2D eigenvalue weighted by Crippen LogP contribution is -2.48. The summed E-state index contributed by atoms with van der Waals surface area (Å²) in [4.78, 5) is 12.4. The van der Waals surface area contributed by atoms with Gasteiger partial charge in [-0.15, -0.1) is 0 Å². The van der Waals surface area contributed by atoms with Crippen LogP contribution < -0.4 is 14.4 Å². The van der Waals surface area contributed by atoms with Gasteiger partial charge in [0.15, 0.2) is 0 Å². The van der Waals surface area contributed by atoms with Crippen molar-refractivity contribution in [2.24, 2.45) is 0 Å². The Bertz CT molecular complexity index is 883. The lowest BCUT2D eigenvalue weighted by atomic mass is 10.2. The van der Waals surface area contributed by atoms with E-state index in [1.807, 2.05) is 24.3 Å². The third kappa shape index (κ3) is 5.95. The van der Waals surface area contributed by atoms with Crippen LogP contribution in [-0.2, 0) is 21.2 Å². The summed E-state index contributed by atoms with van der Waals surface area (Å²) in [6.45, 7) is 4.02. The Kier molecular flexibility index (Phi) is 7.39. The van der Waals surface area contributed by atoms with Gasteiger partial charge in [0.1, 0.15) is 24.2 Å². The van der Waals surface area contributed by atoms with Gasteiger partial charge in [-0.2, -0.15) is 0 Å². The molecule has 0 bridgehead atoms. The Morgan fingerprint density at radius 3 is 2.29 bits per heavy atom. The third-order valence-electron chi connectivity index (χ3n) is 4.17. The molecule has 152 valence electrons. The van der Waals surface area contributed by atoms with E-state index < -0.39 is 27.8 Å². The van der Waals surface area contributed by atoms with Crippen LogP contribution in [0, 0.1) is 5.82 Å². The standard InChI is InChI=1S/C20H25FN2O4S/c1-4-16-5-11-19(12-6-16)27-14-13-22-20(24)15(2)23(28(3,25)26)18-9-7-17(21)8-10-18/h5-12,15H,4,13-14H2,1-3H3,(H,22,24)/t15-/m1/s1. The minimum atomic E-state index is -3.74. The number of hydrogen-bond donors (Lipinski definition) is 1. The van der Waals surface area contributed by atoms with E-state index in [4.69, 9.17) is 4.74 Å². The highest BCUT2D eigenvalue weighted by atomic mass is 32.2. The van der Waals surface area contributed by atoms with Gasteiger partial charge in [0.05, 0.1) is 18.5 Å². The molecule has 0 aliphatic rings. The molecule has 0 aliphatic carbocycles. The fourth-order valence-electron chi connectivity index (χ4n) is 2.71. The summed E-state index contributed by atoms with van der Waals surface area (Å²) in [5.41, 5.74) is 1.43. The van der Waals surface area contributed by atoms with Crippen LogP contribution in [0.15, 0.2) is 48.5 Å². The summed E-state index contributed by atoms with van der Waals surface area (Å²) >= 11 is 0. The van der Waals surface area contributed by atoms with Crippen LogP contribution in [-0.4, -0.2) is 39.8 Å². The molecule has 0 radical (unpaired) electrons. The quantitative estimate of drug-likeness (QED) is 0.648. The predicted molar refractivity (Wildman–Crippen MR) is 108 cm³/mol. The van der Waals surface area contributed by atoms with E-state index in [1.54, 1.807) is 0 Å². The molecule has 1 amide bonds. The molecule has 0 saturated carbocycles. The number of rotatable bonds is 9. The molecule has 1 atom stereocenters. The minimum Gasteiger partial charge on any atom is -0.492 e. The van der Waals surface area contributed by atoms with Crippen LogP contribution in [0.3, 0.4) is 0 Å². The zero-order valence-electron chi connectivity index (χ0n) is 16.2. The second kappa shape index (κ2) is 9.54. The van der Waals surface area contributed by atoms with Gasteiger partial charge >= 0.3 is 0 Å². The SMILES string of the molecule is CCc1ccc(OCCNC(=O)[C@@H](C)N(c2ccc(F)cc2)S(C)(=O)=O)cc1. The van der Waals surface area contributed by atoms with Crippen molar-refractivity contribution in [1.29, 1.82) is 0 Å². The molecule has 0 fully saturated rings. The Morgan fingerprint density at radius 2 is 1.75 bits per heavy atom. The fraction of sp³-hybridized carbons (Fsp3) is 0.350. The van der Waals surface area contributed by atoms with Gasteiger partial charge < -0.3 is 10.1 Å². The lowest BCUT2D eigenvalue weighted by Gasteiger charge is -2.28. The number of ether oxygens (including phenoxy) is 1. The molecule has 0 aromatic heterocycles. The number of nitrogens with zero attached hydrogens (tertiary/aromatic N) is 1. The van der Waals surface area contributed by atoms with Crippen LogP contribution in [0.5, 0.6) is 5.75 Å². The molecule has 2 aromatic carbocycles. The second-order valence-corrected chi connectivity index (χ2v) is 8.21.